The molecule has 7 nitrogen and oxygen atoms in total. The second-order valence-corrected chi connectivity index (χ2v) is 7.29. The van der Waals surface area contributed by atoms with Crippen molar-refractivity contribution in [2.45, 2.75) is 27.7 Å². The van der Waals surface area contributed by atoms with Gasteiger partial charge in [-0.3, -0.25) is 10.1 Å². The van der Waals surface area contributed by atoms with Crippen molar-refractivity contribution in [1.29, 1.82) is 0 Å². The molecule has 0 spiro atoms. The van der Waals surface area contributed by atoms with Gasteiger partial charge in [0.2, 0.25) is 0 Å². The van der Waals surface area contributed by atoms with Gasteiger partial charge in [-0.2, -0.15) is 9.97 Å². The molecule has 0 fully saturated rings. The maximum Gasteiger partial charge on any atom is 0.393 e. The molecule has 0 aliphatic heterocycles. The second-order valence-electron chi connectivity index (χ2n) is 6.54. The van der Waals surface area contributed by atoms with Crippen LogP contribution in [0.4, 0.5) is 5.69 Å². The second kappa shape index (κ2) is 8.23. The van der Waals surface area contributed by atoms with Gasteiger partial charge in [0, 0.05) is 10.0 Å². The minimum Gasteiger partial charge on any atom is -0.433 e. The number of hydrogen-bond donors (Lipinski definition) is 0. The monoisotopic (exact) mass is 433 g/mol. The number of ether oxygens (including phenoxy) is 2. The first-order valence-corrected chi connectivity index (χ1v) is 9.31. The van der Waals surface area contributed by atoms with Gasteiger partial charge in [0.25, 0.3) is 0 Å². The van der Waals surface area contributed by atoms with E-state index in [1.54, 1.807) is 24.3 Å². The first kappa shape index (κ1) is 20.8. The summed E-state index contributed by atoms with van der Waals surface area (Å²) in [6.07, 6.45) is 1.14. The number of aryl methyl sites for hydroxylation is 4. The average Bonchev–Trinajstić information content (AvgIpc) is 2.64. The standard InChI is InChI=1S/C20H17Cl2N3O4/c1-10-5-14(6-11(2)16(10)21)28-19-18(25(26)27)20(24-9-23-19)29-15-7-12(3)17(22)13(4)8-15/h5-9H,1-4H3. The Hall–Kier alpha value is -2.90. The van der Waals surface area contributed by atoms with E-state index in [0.29, 0.717) is 21.5 Å². The minimum atomic E-state index is -0.643. The van der Waals surface area contributed by atoms with Gasteiger partial charge in [-0.05, 0) is 74.2 Å². The van der Waals surface area contributed by atoms with Gasteiger partial charge >= 0.3 is 17.4 Å². The number of nitrogens with zero attached hydrogens (tertiary/aromatic N) is 3. The van der Waals surface area contributed by atoms with Crippen molar-refractivity contribution >= 4 is 28.9 Å². The van der Waals surface area contributed by atoms with E-state index in [2.05, 4.69) is 9.97 Å². The quantitative estimate of drug-likeness (QED) is 0.336. The molecule has 0 aliphatic rings. The molecule has 0 radical (unpaired) electrons. The molecule has 3 rings (SSSR count). The molecule has 0 unspecified atom stereocenters. The summed E-state index contributed by atoms with van der Waals surface area (Å²) in [4.78, 5) is 18.9. The molecule has 0 saturated carbocycles. The Morgan fingerprint density at radius 2 is 1.14 bits per heavy atom. The number of rotatable bonds is 5. The molecule has 9 heteroatoms. The van der Waals surface area contributed by atoms with E-state index < -0.39 is 10.6 Å². The highest BCUT2D eigenvalue weighted by atomic mass is 35.5. The van der Waals surface area contributed by atoms with Crippen molar-refractivity contribution in [2.24, 2.45) is 0 Å². The highest BCUT2D eigenvalue weighted by Crippen LogP contribution is 2.39. The van der Waals surface area contributed by atoms with Gasteiger partial charge in [-0.25, -0.2) is 0 Å². The Labute approximate surface area is 177 Å². The topological polar surface area (TPSA) is 87.4 Å². The largest absolute Gasteiger partial charge is 0.433 e. The van der Waals surface area contributed by atoms with Gasteiger partial charge in [0.15, 0.2) is 0 Å². The summed E-state index contributed by atoms with van der Waals surface area (Å²) >= 11 is 12.3. The summed E-state index contributed by atoms with van der Waals surface area (Å²) < 4.78 is 11.4. The van der Waals surface area contributed by atoms with Gasteiger partial charge in [-0.15, -0.1) is 0 Å². The summed E-state index contributed by atoms with van der Waals surface area (Å²) in [7, 11) is 0. The molecule has 0 bridgehead atoms. The van der Waals surface area contributed by atoms with E-state index in [9.17, 15) is 10.1 Å². The number of aromatic nitrogens is 2. The van der Waals surface area contributed by atoms with Crippen LogP contribution in [0, 0.1) is 37.8 Å². The van der Waals surface area contributed by atoms with Crippen molar-refractivity contribution in [3.8, 4) is 23.3 Å². The van der Waals surface area contributed by atoms with E-state index in [1.165, 1.54) is 0 Å². The molecule has 0 saturated heterocycles. The van der Waals surface area contributed by atoms with Crippen LogP contribution in [0.25, 0.3) is 0 Å². The molecule has 150 valence electrons. The SMILES string of the molecule is Cc1cc(Oc2ncnc(Oc3cc(C)c(Cl)c(C)c3)c2[N+](=O)[O-])cc(C)c1Cl. The molecule has 3 aromatic rings. The Kier molecular flexibility index (Phi) is 5.91. The fourth-order valence-electron chi connectivity index (χ4n) is 2.81. The first-order valence-electron chi connectivity index (χ1n) is 8.56. The summed E-state index contributed by atoms with van der Waals surface area (Å²) in [5.74, 6) is 0.276. The average molecular weight is 434 g/mol. The zero-order chi connectivity index (χ0) is 21.3. The van der Waals surface area contributed by atoms with Crippen molar-refractivity contribution in [1.82, 2.24) is 9.97 Å². The first-order chi connectivity index (χ1) is 13.7. The summed E-state index contributed by atoms with van der Waals surface area (Å²) in [5, 5.41) is 12.9. The van der Waals surface area contributed by atoms with Crippen LogP contribution in [0.15, 0.2) is 30.6 Å². The normalized spacial score (nSPS) is 10.7. The fourth-order valence-corrected chi connectivity index (χ4v) is 3.02. The lowest BCUT2D eigenvalue weighted by Gasteiger charge is -2.11. The Morgan fingerprint density at radius 3 is 1.45 bits per heavy atom. The zero-order valence-electron chi connectivity index (χ0n) is 16.1. The van der Waals surface area contributed by atoms with Gasteiger partial charge < -0.3 is 9.47 Å². The zero-order valence-corrected chi connectivity index (χ0v) is 17.6. The third-order valence-electron chi connectivity index (χ3n) is 4.19. The van der Waals surface area contributed by atoms with Crippen LogP contribution in [-0.4, -0.2) is 14.9 Å². The summed E-state index contributed by atoms with van der Waals surface area (Å²) in [6, 6.07) is 6.70. The molecular formula is C20H17Cl2N3O4. The van der Waals surface area contributed by atoms with E-state index in [1.807, 2.05) is 27.7 Å². The maximum absolute atomic E-state index is 11.7. The minimum absolute atomic E-state index is 0.233. The van der Waals surface area contributed by atoms with Crippen LogP contribution in [0.5, 0.6) is 23.3 Å². The molecule has 29 heavy (non-hydrogen) atoms. The lowest BCUT2D eigenvalue weighted by molar-refractivity contribution is -0.387. The number of nitro groups is 1. The van der Waals surface area contributed by atoms with Crippen molar-refractivity contribution in [2.75, 3.05) is 0 Å². The highest BCUT2D eigenvalue weighted by Gasteiger charge is 2.27. The third kappa shape index (κ3) is 4.41. The maximum atomic E-state index is 11.7. The van der Waals surface area contributed by atoms with E-state index >= 15 is 0 Å². The van der Waals surface area contributed by atoms with Gasteiger partial charge in [0.05, 0.1) is 4.92 Å². The van der Waals surface area contributed by atoms with Crippen LogP contribution in [0.2, 0.25) is 10.0 Å². The summed E-state index contributed by atoms with van der Waals surface area (Å²) in [5.41, 5.74) is 2.64. The smallest absolute Gasteiger partial charge is 0.393 e. The van der Waals surface area contributed by atoms with Crippen molar-refractivity contribution in [3.63, 3.8) is 0 Å². The van der Waals surface area contributed by atoms with Crippen LogP contribution < -0.4 is 9.47 Å². The molecule has 0 aliphatic carbocycles. The van der Waals surface area contributed by atoms with Gasteiger partial charge in [-0.1, -0.05) is 23.2 Å². The molecule has 0 atom stereocenters. The van der Waals surface area contributed by atoms with Crippen LogP contribution in [0.3, 0.4) is 0 Å². The lowest BCUT2D eigenvalue weighted by atomic mass is 10.1. The van der Waals surface area contributed by atoms with Crippen LogP contribution >= 0.6 is 23.2 Å². The van der Waals surface area contributed by atoms with Gasteiger partial charge in [0.1, 0.15) is 17.8 Å². The fraction of sp³-hybridized carbons (Fsp3) is 0.200. The van der Waals surface area contributed by atoms with Crippen LogP contribution in [-0.2, 0) is 0 Å². The molecule has 1 heterocycles. The predicted molar refractivity (Wildman–Crippen MR) is 111 cm³/mol. The van der Waals surface area contributed by atoms with Crippen LogP contribution in [0.1, 0.15) is 22.3 Å². The number of benzene rings is 2. The van der Waals surface area contributed by atoms with E-state index in [-0.39, 0.29) is 11.8 Å². The Balaban J connectivity index is 2.02. The van der Waals surface area contributed by atoms with Crippen molar-refractivity contribution in [3.05, 3.63) is 73.0 Å². The molecule has 0 N–H and O–H groups in total. The van der Waals surface area contributed by atoms with Crippen molar-refractivity contribution < 1.29 is 14.4 Å². The highest BCUT2D eigenvalue weighted by molar-refractivity contribution is 6.32. The molecular weight excluding hydrogens is 417 g/mol. The Morgan fingerprint density at radius 1 is 0.793 bits per heavy atom. The lowest BCUT2D eigenvalue weighted by Crippen LogP contribution is -2.01. The number of hydrogen-bond acceptors (Lipinski definition) is 6. The Bertz CT molecular complexity index is 995. The predicted octanol–water partition coefficient (Wildman–Crippen LogP) is 6.51. The molecule has 0 amide bonds. The summed E-state index contributed by atoms with van der Waals surface area (Å²) in [6.45, 7) is 7.26. The third-order valence-corrected chi connectivity index (χ3v) is 5.38. The number of halogens is 2. The van der Waals surface area contributed by atoms with E-state index in [0.717, 1.165) is 28.6 Å². The molecule has 1 aromatic heterocycles. The van der Waals surface area contributed by atoms with E-state index in [4.69, 9.17) is 32.7 Å². The molecule has 2 aromatic carbocycles.